The lowest BCUT2D eigenvalue weighted by Gasteiger charge is -2.35. The topological polar surface area (TPSA) is 41.6 Å². The summed E-state index contributed by atoms with van der Waals surface area (Å²) in [7, 11) is 2.10. The second-order valence-corrected chi connectivity index (χ2v) is 5.58. The summed E-state index contributed by atoms with van der Waals surface area (Å²) in [6.45, 7) is 9.93. The number of carbonyl (C=O) groups is 1. The summed E-state index contributed by atoms with van der Waals surface area (Å²) in [5, 5.41) is 3.27. The fraction of sp³-hybridized carbons (Fsp3) is 0.929. The highest BCUT2D eigenvalue weighted by atomic mass is 16.5. The minimum atomic E-state index is -0.608. The lowest BCUT2D eigenvalue weighted by molar-refractivity contribution is -0.151. The van der Waals surface area contributed by atoms with E-state index in [1.165, 1.54) is 12.8 Å². The largest absolute Gasteiger partial charge is 0.465 e. The van der Waals surface area contributed by atoms with Gasteiger partial charge in [-0.1, -0.05) is 6.92 Å². The van der Waals surface area contributed by atoms with E-state index in [0.29, 0.717) is 19.2 Å². The normalized spacial score (nSPS) is 20.6. The van der Waals surface area contributed by atoms with E-state index >= 15 is 0 Å². The van der Waals surface area contributed by atoms with Crippen molar-refractivity contribution in [1.82, 2.24) is 10.2 Å². The van der Waals surface area contributed by atoms with Crippen molar-refractivity contribution in [2.24, 2.45) is 5.92 Å². The van der Waals surface area contributed by atoms with Gasteiger partial charge in [0.1, 0.15) is 5.54 Å². The van der Waals surface area contributed by atoms with Gasteiger partial charge in [-0.05, 0) is 53.1 Å². The third-order valence-corrected chi connectivity index (χ3v) is 3.86. The molecular weight excluding hydrogens is 228 g/mol. The maximum absolute atomic E-state index is 12.1. The van der Waals surface area contributed by atoms with Gasteiger partial charge in [0, 0.05) is 12.6 Å². The van der Waals surface area contributed by atoms with Gasteiger partial charge in [-0.2, -0.15) is 0 Å². The highest BCUT2D eigenvalue weighted by Gasteiger charge is 2.38. The lowest BCUT2D eigenvalue weighted by atomic mass is 10.0. The fourth-order valence-electron chi connectivity index (χ4n) is 2.45. The molecular formula is C14H28N2O2. The number of hydrogen-bond donors (Lipinski definition) is 1. The van der Waals surface area contributed by atoms with Crippen molar-refractivity contribution in [1.29, 1.82) is 0 Å². The standard InChI is InChI=1S/C14H28N2O2/c1-6-15-14(4,13(17)18-7-2)10-16(5)11(3)12-8-9-12/h11-12,15H,6-10H2,1-5H3. The Morgan fingerprint density at radius 3 is 2.56 bits per heavy atom. The molecule has 1 rings (SSSR count). The van der Waals surface area contributed by atoms with E-state index in [2.05, 4.69) is 24.2 Å². The second kappa shape index (κ2) is 6.53. The summed E-state index contributed by atoms with van der Waals surface area (Å²) < 4.78 is 5.19. The maximum atomic E-state index is 12.1. The Bertz CT molecular complexity index is 279. The molecule has 0 radical (unpaired) electrons. The minimum Gasteiger partial charge on any atom is -0.465 e. The Kier molecular flexibility index (Phi) is 5.60. The summed E-state index contributed by atoms with van der Waals surface area (Å²) in [6, 6.07) is 0.539. The predicted octanol–water partition coefficient (Wildman–Crippen LogP) is 1.65. The Labute approximate surface area is 111 Å². The number of likely N-dealkylation sites (N-methyl/N-ethyl adjacent to an activating group) is 2. The molecule has 0 aliphatic heterocycles. The first-order valence-electron chi connectivity index (χ1n) is 7.07. The van der Waals surface area contributed by atoms with Crippen LogP contribution in [0.5, 0.6) is 0 Å². The highest BCUT2D eigenvalue weighted by Crippen LogP contribution is 2.35. The summed E-state index contributed by atoms with van der Waals surface area (Å²) in [5.74, 6) is 0.657. The second-order valence-electron chi connectivity index (χ2n) is 5.58. The summed E-state index contributed by atoms with van der Waals surface area (Å²) in [5.41, 5.74) is -0.608. The van der Waals surface area contributed by atoms with Crippen LogP contribution in [0, 0.1) is 5.92 Å². The molecule has 1 aliphatic rings. The van der Waals surface area contributed by atoms with Gasteiger partial charge in [0.25, 0.3) is 0 Å². The van der Waals surface area contributed by atoms with Gasteiger partial charge in [0.05, 0.1) is 6.61 Å². The van der Waals surface area contributed by atoms with Crippen LogP contribution in [0.4, 0.5) is 0 Å². The van der Waals surface area contributed by atoms with Gasteiger partial charge >= 0.3 is 5.97 Å². The van der Waals surface area contributed by atoms with Crippen LogP contribution in [0.15, 0.2) is 0 Å². The van der Waals surface area contributed by atoms with Crippen molar-refractivity contribution in [2.75, 3.05) is 26.7 Å². The molecule has 0 saturated heterocycles. The van der Waals surface area contributed by atoms with Crippen molar-refractivity contribution < 1.29 is 9.53 Å². The minimum absolute atomic E-state index is 0.151. The third-order valence-electron chi connectivity index (χ3n) is 3.86. The van der Waals surface area contributed by atoms with Gasteiger partial charge in [0.15, 0.2) is 0 Å². The molecule has 106 valence electrons. The first kappa shape index (κ1) is 15.4. The molecule has 0 spiro atoms. The predicted molar refractivity (Wildman–Crippen MR) is 73.5 cm³/mol. The van der Waals surface area contributed by atoms with Crippen LogP contribution in [0.3, 0.4) is 0 Å². The monoisotopic (exact) mass is 256 g/mol. The number of carbonyl (C=O) groups excluding carboxylic acids is 1. The van der Waals surface area contributed by atoms with Crippen molar-refractivity contribution in [3.05, 3.63) is 0 Å². The molecule has 1 aliphatic carbocycles. The smallest absolute Gasteiger partial charge is 0.327 e. The SMILES string of the molecule is CCNC(C)(CN(C)C(C)C1CC1)C(=O)OCC. The quantitative estimate of drug-likeness (QED) is 0.671. The van der Waals surface area contributed by atoms with E-state index in [1.54, 1.807) is 0 Å². The number of nitrogens with zero attached hydrogens (tertiary/aromatic N) is 1. The molecule has 1 fully saturated rings. The zero-order valence-electron chi connectivity index (χ0n) is 12.5. The Morgan fingerprint density at radius 1 is 1.50 bits per heavy atom. The molecule has 2 atom stereocenters. The van der Waals surface area contributed by atoms with Crippen LogP contribution in [0.1, 0.15) is 40.5 Å². The summed E-state index contributed by atoms with van der Waals surface area (Å²) in [6.07, 6.45) is 2.64. The molecule has 0 heterocycles. The van der Waals surface area contributed by atoms with Crippen molar-refractivity contribution in [2.45, 2.75) is 52.1 Å². The molecule has 2 unspecified atom stereocenters. The zero-order valence-corrected chi connectivity index (χ0v) is 12.5. The van der Waals surface area contributed by atoms with Crippen molar-refractivity contribution >= 4 is 5.97 Å². The molecule has 0 bridgehead atoms. The zero-order chi connectivity index (χ0) is 13.8. The van der Waals surface area contributed by atoms with E-state index in [-0.39, 0.29) is 5.97 Å². The van der Waals surface area contributed by atoms with Gasteiger partial charge in [0.2, 0.25) is 0 Å². The molecule has 0 aromatic heterocycles. The van der Waals surface area contributed by atoms with Gasteiger partial charge in [-0.25, -0.2) is 0 Å². The van der Waals surface area contributed by atoms with Crippen LogP contribution >= 0.6 is 0 Å². The van der Waals surface area contributed by atoms with Crippen LogP contribution in [0.25, 0.3) is 0 Å². The average molecular weight is 256 g/mol. The molecule has 4 heteroatoms. The average Bonchev–Trinajstić information content (AvgIpc) is 3.12. The molecule has 1 N–H and O–H groups in total. The molecule has 1 saturated carbocycles. The number of nitrogens with one attached hydrogen (secondary N) is 1. The number of ether oxygens (including phenoxy) is 1. The number of esters is 1. The van der Waals surface area contributed by atoms with Crippen LogP contribution in [-0.2, 0) is 9.53 Å². The number of hydrogen-bond acceptors (Lipinski definition) is 4. The van der Waals surface area contributed by atoms with E-state index in [4.69, 9.17) is 4.74 Å². The highest BCUT2D eigenvalue weighted by molar-refractivity contribution is 5.80. The van der Waals surface area contributed by atoms with Crippen LogP contribution in [0.2, 0.25) is 0 Å². The van der Waals surface area contributed by atoms with Crippen LogP contribution in [-0.4, -0.2) is 49.2 Å². The number of rotatable bonds is 8. The fourth-order valence-corrected chi connectivity index (χ4v) is 2.45. The van der Waals surface area contributed by atoms with Gasteiger partial charge < -0.3 is 15.0 Å². The van der Waals surface area contributed by atoms with E-state index < -0.39 is 5.54 Å². The van der Waals surface area contributed by atoms with Gasteiger partial charge in [-0.3, -0.25) is 4.79 Å². The molecule has 4 nitrogen and oxygen atoms in total. The van der Waals surface area contributed by atoms with E-state index in [1.807, 2.05) is 20.8 Å². The Hall–Kier alpha value is -0.610. The first-order valence-corrected chi connectivity index (χ1v) is 7.07. The molecule has 0 amide bonds. The van der Waals surface area contributed by atoms with Crippen LogP contribution < -0.4 is 5.32 Å². The van der Waals surface area contributed by atoms with Crippen molar-refractivity contribution in [3.63, 3.8) is 0 Å². The van der Waals surface area contributed by atoms with E-state index in [9.17, 15) is 4.79 Å². The summed E-state index contributed by atoms with van der Waals surface area (Å²) in [4.78, 5) is 14.4. The van der Waals surface area contributed by atoms with Gasteiger partial charge in [-0.15, -0.1) is 0 Å². The van der Waals surface area contributed by atoms with E-state index in [0.717, 1.165) is 12.5 Å². The lowest BCUT2D eigenvalue weighted by Crippen LogP contribution is -2.58. The molecule has 0 aromatic carbocycles. The third kappa shape index (κ3) is 3.95. The Morgan fingerprint density at radius 2 is 2.11 bits per heavy atom. The maximum Gasteiger partial charge on any atom is 0.327 e. The molecule has 18 heavy (non-hydrogen) atoms. The van der Waals surface area contributed by atoms with Crippen molar-refractivity contribution in [3.8, 4) is 0 Å². The Balaban J connectivity index is 2.62. The first-order chi connectivity index (χ1) is 8.44. The summed E-state index contributed by atoms with van der Waals surface area (Å²) >= 11 is 0. The molecule has 0 aromatic rings.